The van der Waals surface area contributed by atoms with Gasteiger partial charge >= 0.3 is 11.9 Å². The van der Waals surface area contributed by atoms with Crippen LogP contribution in [-0.2, 0) is 38.4 Å². The summed E-state index contributed by atoms with van der Waals surface area (Å²) in [7, 11) is 0. The van der Waals surface area contributed by atoms with E-state index in [1.807, 2.05) is 0 Å². The van der Waals surface area contributed by atoms with E-state index in [9.17, 15) is 38.4 Å². The summed E-state index contributed by atoms with van der Waals surface area (Å²) in [5, 5.41) is 28.9. The number of carboxylic acid groups (broad SMARTS) is 2. The largest absolute Gasteiger partial charge is 0.481 e. The Balaban J connectivity index is 5.14. The average molecular weight is 560 g/mol. The van der Waals surface area contributed by atoms with E-state index in [4.69, 9.17) is 21.7 Å². The van der Waals surface area contributed by atoms with Gasteiger partial charge in [-0.2, -0.15) is 0 Å². The zero-order chi connectivity index (χ0) is 30.3. The summed E-state index contributed by atoms with van der Waals surface area (Å²) in [6.45, 7) is 3.53. The molecule has 17 nitrogen and oxygen atoms in total. The average Bonchev–Trinajstić information content (AvgIpc) is 2.82. The van der Waals surface area contributed by atoms with Crippen LogP contribution in [0.3, 0.4) is 0 Å². The molecule has 0 saturated heterocycles. The molecule has 6 amide bonds. The van der Waals surface area contributed by atoms with Crippen LogP contribution in [0.1, 0.15) is 46.5 Å². The van der Waals surface area contributed by atoms with Crippen LogP contribution in [0.15, 0.2) is 0 Å². The molecular formula is C22H37N7O10. The van der Waals surface area contributed by atoms with Crippen molar-refractivity contribution in [3.63, 3.8) is 0 Å². The zero-order valence-corrected chi connectivity index (χ0v) is 21.9. The van der Waals surface area contributed by atoms with Crippen molar-refractivity contribution >= 4 is 47.4 Å². The van der Waals surface area contributed by atoms with E-state index in [2.05, 4.69) is 26.6 Å². The highest BCUT2D eigenvalue weighted by Gasteiger charge is 2.28. The van der Waals surface area contributed by atoms with E-state index in [0.29, 0.717) is 0 Å². The van der Waals surface area contributed by atoms with E-state index in [-0.39, 0.29) is 25.2 Å². The molecule has 39 heavy (non-hydrogen) atoms. The number of carboxylic acids is 2. The van der Waals surface area contributed by atoms with E-state index >= 15 is 0 Å². The first-order valence-electron chi connectivity index (χ1n) is 12.0. The van der Waals surface area contributed by atoms with Gasteiger partial charge in [-0.3, -0.25) is 38.4 Å². The predicted molar refractivity (Wildman–Crippen MR) is 133 cm³/mol. The maximum Gasteiger partial charge on any atom is 0.322 e. The molecule has 4 atom stereocenters. The number of carbonyl (C=O) groups is 8. The van der Waals surface area contributed by atoms with Gasteiger partial charge in [-0.05, 0) is 25.7 Å². The lowest BCUT2D eigenvalue weighted by Crippen LogP contribution is -2.56. The molecule has 0 bridgehead atoms. The number of carbonyl (C=O) groups excluding carboxylic acids is 6. The van der Waals surface area contributed by atoms with Gasteiger partial charge in [-0.15, -0.1) is 0 Å². The summed E-state index contributed by atoms with van der Waals surface area (Å²) in [6.07, 6.45) is -1.02. The van der Waals surface area contributed by atoms with Crippen molar-refractivity contribution in [3.05, 3.63) is 0 Å². The molecule has 0 rings (SSSR count). The Bertz CT molecular complexity index is 940. The van der Waals surface area contributed by atoms with Gasteiger partial charge in [-0.25, -0.2) is 0 Å². The smallest absolute Gasteiger partial charge is 0.322 e. The lowest BCUT2D eigenvalue weighted by atomic mass is 10.0. The van der Waals surface area contributed by atoms with E-state index in [1.54, 1.807) is 13.8 Å². The molecule has 0 aliphatic rings. The fourth-order valence-corrected chi connectivity index (χ4v) is 3.03. The highest BCUT2D eigenvalue weighted by molar-refractivity contribution is 5.96. The van der Waals surface area contributed by atoms with Crippen molar-refractivity contribution in [2.45, 2.75) is 70.6 Å². The number of hydrogen-bond acceptors (Lipinski definition) is 9. The number of nitrogens with one attached hydrogen (secondary N) is 5. The highest BCUT2D eigenvalue weighted by Crippen LogP contribution is 2.06. The lowest BCUT2D eigenvalue weighted by molar-refractivity contribution is -0.141. The summed E-state index contributed by atoms with van der Waals surface area (Å²) in [5.74, 6) is -7.73. The first-order chi connectivity index (χ1) is 18.0. The maximum atomic E-state index is 12.7. The second-order valence-electron chi connectivity index (χ2n) is 9.08. The fourth-order valence-electron chi connectivity index (χ4n) is 3.03. The third kappa shape index (κ3) is 15.5. The number of nitrogens with two attached hydrogens (primary N) is 2. The minimum absolute atomic E-state index is 0.0827. The summed E-state index contributed by atoms with van der Waals surface area (Å²) >= 11 is 0. The van der Waals surface area contributed by atoms with Crippen molar-refractivity contribution in [2.75, 3.05) is 13.1 Å². The molecule has 0 unspecified atom stereocenters. The van der Waals surface area contributed by atoms with E-state index in [1.165, 1.54) is 6.92 Å². The Morgan fingerprint density at radius 2 is 1.31 bits per heavy atom. The standard InChI is InChI=1S/C22H37N7O10/c1-10(2)6-13(22(39)27-11(3)19(36)26-9-18(34)35)28-16(31)8-25-21(38)14(7-17(32)33)29-20(37)12(23)4-5-15(24)30/h10-14H,4-9,23H2,1-3H3,(H2,24,30)(H,25,38)(H,26,36)(H,27,39)(H,28,31)(H,29,37)(H,32,33)(H,34,35)/t11-,12-,13-,14-/m0/s1. The number of amides is 6. The van der Waals surface area contributed by atoms with Gasteiger partial charge in [0.25, 0.3) is 0 Å². The van der Waals surface area contributed by atoms with Crippen LogP contribution in [0.2, 0.25) is 0 Å². The fraction of sp³-hybridized carbons (Fsp3) is 0.636. The van der Waals surface area contributed by atoms with Crippen LogP contribution < -0.4 is 38.1 Å². The maximum absolute atomic E-state index is 12.7. The van der Waals surface area contributed by atoms with Crippen LogP contribution >= 0.6 is 0 Å². The summed E-state index contributed by atoms with van der Waals surface area (Å²) in [5.41, 5.74) is 10.6. The van der Waals surface area contributed by atoms with Crippen molar-refractivity contribution < 1.29 is 48.6 Å². The predicted octanol–water partition coefficient (Wildman–Crippen LogP) is -4.11. The first-order valence-corrected chi connectivity index (χ1v) is 12.0. The van der Waals surface area contributed by atoms with Gasteiger partial charge in [0.2, 0.25) is 35.4 Å². The van der Waals surface area contributed by atoms with Crippen LogP contribution in [0.4, 0.5) is 0 Å². The van der Waals surface area contributed by atoms with Gasteiger partial charge in [0.05, 0.1) is 19.0 Å². The Kier molecular flexibility index (Phi) is 15.4. The van der Waals surface area contributed by atoms with Crippen molar-refractivity contribution in [1.29, 1.82) is 0 Å². The minimum Gasteiger partial charge on any atom is -0.481 e. The van der Waals surface area contributed by atoms with Crippen LogP contribution in [0.5, 0.6) is 0 Å². The molecule has 0 aliphatic heterocycles. The molecule has 11 N–H and O–H groups in total. The quantitative estimate of drug-likeness (QED) is 0.0777. The Labute approximate surface area is 224 Å². The SMILES string of the molecule is CC(C)C[C@H](NC(=O)CNC(=O)[C@H](CC(=O)O)NC(=O)[C@@H](N)CCC(N)=O)C(=O)N[C@@H](C)C(=O)NCC(=O)O. The number of aliphatic carboxylic acids is 2. The molecule has 220 valence electrons. The van der Waals surface area contributed by atoms with Crippen LogP contribution in [0, 0.1) is 5.92 Å². The van der Waals surface area contributed by atoms with Gasteiger partial charge in [0.15, 0.2) is 0 Å². The molecule has 17 heteroatoms. The van der Waals surface area contributed by atoms with Crippen molar-refractivity contribution in [1.82, 2.24) is 26.6 Å². The van der Waals surface area contributed by atoms with Gasteiger partial charge < -0.3 is 48.3 Å². The van der Waals surface area contributed by atoms with Crippen LogP contribution in [-0.4, -0.2) is 94.9 Å². The summed E-state index contributed by atoms with van der Waals surface area (Å²) < 4.78 is 0. The molecule has 0 aromatic rings. The molecule has 0 saturated carbocycles. The topological polar surface area (TPSA) is 289 Å². The second-order valence-corrected chi connectivity index (χ2v) is 9.08. The molecule has 0 aliphatic carbocycles. The second kappa shape index (κ2) is 17.3. The third-order valence-corrected chi connectivity index (χ3v) is 5.00. The molecule has 0 aromatic carbocycles. The van der Waals surface area contributed by atoms with Gasteiger partial charge in [-0.1, -0.05) is 13.8 Å². The van der Waals surface area contributed by atoms with Crippen molar-refractivity contribution in [3.8, 4) is 0 Å². The Morgan fingerprint density at radius 1 is 0.718 bits per heavy atom. The number of rotatable bonds is 18. The highest BCUT2D eigenvalue weighted by atomic mass is 16.4. The molecule has 0 aromatic heterocycles. The molecule has 0 fully saturated rings. The monoisotopic (exact) mass is 559 g/mol. The molecular weight excluding hydrogens is 522 g/mol. The van der Waals surface area contributed by atoms with Gasteiger partial charge in [0.1, 0.15) is 24.7 Å². The molecule has 0 radical (unpaired) electrons. The molecule has 0 heterocycles. The Hall–Kier alpha value is -4.28. The minimum atomic E-state index is -1.60. The van der Waals surface area contributed by atoms with Crippen LogP contribution in [0.25, 0.3) is 0 Å². The third-order valence-electron chi connectivity index (χ3n) is 5.00. The van der Waals surface area contributed by atoms with E-state index in [0.717, 1.165) is 0 Å². The lowest BCUT2D eigenvalue weighted by Gasteiger charge is -2.23. The summed E-state index contributed by atoms with van der Waals surface area (Å²) in [4.78, 5) is 94.3. The van der Waals surface area contributed by atoms with E-state index < -0.39 is 91.1 Å². The first kappa shape index (κ1) is 34.7. The van der Waals surface area contributed by atoms with Gasteiger partial charge in [0, 0.05) is 6.42 Å². The normalized spacial score (nSPS) is 13.7. The zero-order valence-electron chi connectivity index (χ0n) is 21.9. The number of hydrogen-bond donors (Lipinski definition) is 9. The molecule has 0 spiro atoms. The number of primary amides is 1. The Morgan fingerprint density at radius 3 is 1.82 bits per heavy atom. The summed E-state index contributed by atoms with van der Waals surface area (Å²) in [6, 6.07) is -5.07. The van der Waals surface area contributed by atoms with Crippen molar-refractivity contribution in [2.24, 2.45) is 17.4 Å².